The van der Waals surface area contributed by atoms with Gasteiger partial charge in [-0.1, -0.05) is 54.6 Å². The number of amides is 2. The van der Waals surface area contributed by atoms with E-state index >= 15 is 0 Å². The summed E-state index contributed by atoms with van der Waals surface area (Å²) in [5.74, 6) is -1.23. The number of fused-ring (bicyclic) bond motifs is 1. The average Bonchev–Trinajstić information content (AvgIpc) is 2.83. The maximum atomic E-state index is 12.6. The lowest BCUT2D eigenvalue weighted by Gasteiger charge is -2.28. The van der Waals surface area contributed by atoms with E-state index in [4.69, 9.17) is 4.74 Å². The SMILES string of the molecule is O=C(Nc1ccccc1C(=O)OCC(=O)N1CCc2ccccc2C1)c1ccccc1. The highest BCUT2D eigenvalue weighted by Crippen LogP contribution is 2.20. The van der Waals surface area contributed by atoms with Gasteiger partial charge in [0.15, 0.2) is 6.61 Å². The largest absolute Gasteiger partial charge is 0.452 e. The van der Waals surface area contributed by atoms with Crippen LogP contribution in [0.1, 0.15) is 31.8 Å². The number of nitrogens with zero attached hydrogens (tertiary/aromatic N) is 1. The van der Waals surface area contributed by atoms with Gasteiger partial charge in [0.25, 0.3) is 11.8 Å². The Bertz CT molecular complexity index is 1110. The molecule has 0 fully saturated rings. The summed E-state index contributed by atoms with van der Waals surface area (Å²) >= 11 is 0. The van der Waals surface area contributed by atoms with E-state index in [0.29, 0.717) is 24.3 Å². The number of anilines is 1. The molecule has 0 aliphatic carbocycles. The summed E-state index contributed by atoms with van der Waals surface area (Å²) in [6, 6.07) is 23.3. The first-order valence-electron chi connectivity index (χ1n) is 10.1. The first-order chi connectivity index (χ1) is 15.1. The molecular weight excluding hydrogens is 392 g/mol. The third-order valence-corrected chi connectivity index (χ3v) is 5.24. The summed E-state index contributed by atoms with van der Waals surface area (Å²) in [7, 11) is 0. The first kappa shape index (κ1) is 20.3. The highest BCUT2D eigenvalue weighted by Gasteiger charge is 2.22. The van der Waals surface area contributed by atoms with E-state index in [1.165, 1.54) is 5.56 Å². The van der Waals surface area contributed by atoms with Gasteiger partial charge in [0.2, 0.25) is 0 Å². The molecule has 0 atom stereocenters. The molecule has 1 heterocycles. The maximum absolute atomic E-state index is 12.6. The van der Waals surface area contributed by atoms with Crippen LogP contribution >= 0.6 is 0 Å². The third-order valence-electron chi connectivity index (χ3n) is 5.24. The molecule has 1 N–H and O–H groups in total. The summed E-state index contributed by atoms with van der Waals surface area (Å²) in [5, 5.41) is 2.73. The molecule has 0 aromatic heterocycles. The number of rotatable bonds is 5. The molecule has 0 saturated carbocycles. The second-order valence-corrected chi connectivity index (χ2v) is 7.28. The van der Waals surface area contributed by atoms with Crippen molar-refractivity contribution in [1.82, 2.24) is 4.90 Å². The molecule has 0 radical (unpaired) electrons. The van der Waals surface area contributed by atoms with Crippen LogP contribution in [0.3, 0.4) is 0 Å². The minimum Gasteiger partial charge on any atom is -0.452 e. The monoisotopic (exact) mass is 414 g/mol. The van der Waals surface area contributed by atoms with Crippen molar-refractivity contribution in [2.45, 2.75) is 13.0 Å². The Morgan fingerprint density at radius 3 is 2.32 bits per heavy atom. The number of ether oxygens (including phenoxy) is 1. The highest BCUT2D eigenvalue weighted by atomic mass is 16.5. The van der Waals surface area contributed by atoms with Crippen molar-refractivity contribution < 1.29 is 19.1 Å². The Morgan fingerprint density at radius 1 is 0.839 bits per heavy atom. The van der Waals surface area contributed by atoms with E-state index in [1.807, 2.05) is 24.3 Å². The number of carbonyl (C=O) groups is 3. The molecule has 1 aliphatic heterocycles. The van der Waals surface area contributed by atoms with Gasteiger partial charge in [-0.15, -0.1) is 0 Å². The summed E-state index contributed by atoms with van der Waals surface area (Å²) in [5.41, 5.74) is 3.37. The van der Waals surface area contributed by atoms with E-state index in [-0.39, 0.29) is 24.0 Å². The quantitative estimate of drug-likeness (QED) is 0.647. The van der Waals surface area contributed by atoms with E-state index < -0.39 is 5.97 Å². The lowest BCUT2D eigenvalue weighted by molar-refractivity contribution is -0.135. The van der Waals surface area contributed by atoms with Crippen LogP contribution in [0.2, 0.25) is 0 Å². The third kappa shape index (κ3) is 4.80. The number of esters is 1. The van der Waals surface area contributed by atoms with E-state index in [1.54, 1.807) is 53.4 Å². The summed E-state index contributed by atoms with van der Waals surface area (Å²) in [6.45, 7) is 0.759. The van der Waals surface area contributed by atoms with Gasteiger partial charge < -0.3 is 15.0 Å². The molecule has 4 rings (SSSR count). The molecule has 6 heteroatoms. The molecule has 31 heavy (non-hydrogen) atoms. The molecule has 0 spiro atoms. The zero-order valence-electron chi connectivity index (χ0n) is 16.9. The van der Waals surface area contributed by atoms with Crippen LogP contribution in [0.25, 0.3) is 0 Å². The van der Waals surface area contributed by atoms with Gasteiger partial charge in [-0.05, 0) is 41.8 Å². The zero-order chi connectivity index (χ0) is 21.6. The maximum Gasteiger partial charge on any atom is 0.340 e. The Balaban J connectivity index is 1.38. The summed E-state index contributed by atoms with van der Waals surface area (Å²) < 4.78 is 5.28. The predicted molar refractivity (Wildman–Crippen MR) is 117 cm³/mol. The van der Waals surface area contributed by atoms with Crippen LogP contribution in [-0.4, -0.2) is 35.8 Å². The van der Waals surface area contributed by atoms with Crippen LogP contribution in [0.4, 0.5) is 5.69 Å². The Kier molecular flexibility index (Phi) is 6.08. The summed E-state index contributed by atoms with van der Waals surface area (Å²) in [4.78, 5) is 39.3. The van der Waals surface area contributed by atoms with Crippen molar-refractivity contribution in [2.75, 3.05) is 18.5 Å². The normalized spacial score (nSPS) is 12.6. The van der Waals surface area contributed by atoms with Crippen molar-refractivity contribution >= 4 is 23.5 Å². The van der Waals surface area contributed by atoms with Crippen molar-refractivity contribution in [3.8, 4) is 0 Å². The molecule has 156 valence electrons. The van der Waals surface area contributed by atoms with E-state index in [9.17, 15) is 14.4 Å². The number of carbonyl (C=O) groups excluding carboxylic acids is 3. The predicted octanol–water partition coefficient (Wildman–Crippen LogP) is 3.68. The zero-order valence-corrected chi connectivity index (χ0v) is 16.9. The van der Waals surface area contributed by atoms with Crippen LogP contribution < -0.4 is 5.32 Å². The first-order valence-corrected chi connectivity index (χ1v) is 10.1. The van der Waals surface area contributed by atoms with Gasteiger partial charge >= 0.3 is 5.97 Å². The number of hydrogen-bond donors (Lipinski definition) is 1. The topological polar surface area (TPSA) is 75.7 Å². The average molecular weight is 414 g/mol. The van der Waals surface area contributed by atoms with Crippen LogP contribution in [0.5, 0.6) is 0 Å². The fourth-order valence-electron chi connectivity index (χ4n) is 3.56. The standard InChI is InChI=1S/C25H22N2O4/c28-23(27-15-14-18-8-4-5-11-20(18)16-27)17-31-25(30)21-12-6-7-13-22(21)26-24(29)19-9-2-1-3-10-19/h1-13H,14-17H2,(H,26,29). The molecule has 0 bridgehead atoms. The second kappa shape index (κ2) is 9.26. The van der Waals surface area contributed by atoms with Gasteiger partial charge in [-0.3, -0.25) is 9.59 Å². The Hall–Kier alpha value is -3.93. The molecular formula is C25H22N2O4. The molecule has 3 aromatic carbocycles. The van der Waals surface area contributed by atoms with E-state index in [0.717, 1.165) is 12.0 Å². The van der Waals surface area contributed by atoms with Crippen molar-refractivity contribution in [3.05, 3.63) is 101 Å². The van der Waals surface area contributed by atoms with Gasteiger partial charge in [0.05, 0.1) is 11.3 Å². The Labute approximate surface area is 180 Å². The lowest BCUT2D eigenvalue weighted by Crippen LogP contribution is -2.38. The minimum absolute atomic E-state index is 0.198. The van der Waals surface area contributed by atoms with Crippen molar-refractivity contribution in [1.29, 1.82) is 0 Å². The summed E-state index contributed by atoms with van der Waals surface area (Å²) in [6.07, 6.45) is 0.782. The van der Waals surface area contributed by atoms with Gasteiger partial charge in [-0.2, -0.15) is 0 Å². The van der Waals surface area contributed by atoms with Crippen LogP contribution in [-0.2, 0) is 22.5 Å². The fourth-order valence-corrected chi connectivity index (χ4v) is 3.56. The highest BCUT2D eigenvalue weighted by molar-refractivity contribution is 6.08. The lowest BCUT2D eigenvalue weighted by atomic mass is 10.00. The number of para-hydroxylation sites is 1. The molecule has 2 amide bonds. The van der Waals surface area contributed by atoms with Crippen LogP contribution in [0.15, 0.2) is 78.9 Å². The Morgan fingerprint density at radius 2 is 1.52 bits per heavy atom. The molecule has 0 unspecified atom stereocenters. The number of nitrogens with one attached hydrogen (secondary N) is 1. The fraction of sp³-hybridized carbons (Fsp3) is 0.160. The van der Waals surface area contributed by atoms with E-state index in [2.05, 4.69) is 11.4 Å². The number of hydrogen-bond acceptors (Lipinski definition) is 4. The van der Waals surface area contributed by atoms with Gasteiger partial charge in [0, 0.05) is 18.7 Å². The smallest absolute Gasteiger partial charge is 0.340 e. The van der Waals surface area contributed by atoms with Crippen LogP contribution in [0, 0.1) is 0 Å². The molecule has 0 saturated heterocycles. The number of benzene rings is 3. The van der Waals surface area contributed by atoms with Crippen molar-refractivity contribution in [2.24, 2.45) is 0 Å². The van der Waals surface area contributed by atoms with Gasteiger partial charge in [-0.25, -0.2) is 4.79 Å². The molecule has 1 aliphatic rings. The molecule has 6 nitrogen and oxygen atoms in total. The minimum atomic E-state index is -0.658. The molecule has 3 aromatic rings. The van der Waals surface area contributed by atoms with Crippen molar-refractivity contribution in [3.63, 3.8) is 0 Å². The van der Waals surface area contributed by atoms with Gasteiger partial charge in [0.1, 0.15) is 0 Å². The second-order valence-electron chi connectivity index (χ2n) is 7.28.